The molecule has 0 aliphatic rings. The van der Waals surface area contributed by atoms with Crippen LogP contribution < -0.4 is 4.74 Å². The van der Waals surface area contributed by atoms with Gasteiger partial charge in [-0.15, -0.1) is 0 Å². The zero-order valence-corrected chi connectivity index (χ0v) is 12.0. The van der Waals surface area contributed by atoms with Crippen LogP contribution in [0.2, 0.25) is 0 Å². The quantitative estimate of drug-likeness (QED) is 0.818. The van der Waals surface area contributed by atoms with Gasteiger partial charge in [-0.25, -0.2) is 0 Å². The fraction of sp³-hybridized carbons (Fsp3) is 0.600. The average Bonchev–Trinajstić information content (AvgIpc) is 2.22. The molecule has 18 heavy (non-hydrogen) atoms. The monoisotopic (exact) mass is 252 g/mol. The van der Waals surface area contributed by atoms with Gasteiger partial charge in [-0.05, 0) is 46.2 Å². The summed E-state index contributed by atoms with van der Waals surface area (Å²) in [6, 6.07) is 5.82. The fourth-order valence-corrected chi connectivity index (χ4v) is 1.61. The van der Waals surface area contributed by atoms with Crippen molar-refractivity contribution in [3.8, 4) is 5.75 Å². The molecule has 0 unspecified atom stereocenters. The van der Waals surface area contributed by atoms with Gasteiger partial charge in [0.05, 0.1) is 18.3 Å². The normalized spacial score (nSPS) is 13.4. The van der Waals surface area contributed by atoms with Gasteiger partial charge in [-0.2, -0.15) is 0 Å². The van der Waals surface area contributed by atoms with Crippen molar-refractivity contribution in [3.63, 3.8) is 0 Å². The minimum atomic E-state index is -0.524. The number of hydrogen-bond donors (Lipinski definition) is 1. The van der Waals surface area contributed by atoms with Gasteiger partial charge in [-0.1, -0.05) is 12.1 Å². The highest BCUT2D eigenvalue weighted by molar-refractivity contribution is 5.38. The lowest BCUT2D eigenvalue weighted by molar-refractivity contribution is -0.0166. The summed E-state index contributed by atoms with van der Waals surface area (Å²) in [6.07, 6.45) is -0.524. The molecular weight excluding hydrogens is 228 g/mol. The van der Waals surface area contributed by atoms with E-state index >= 15 is 0 Å². The van der Waals surface area contributed by atoms with Crippen molar-refractivity contribution in [3.05, 3.63) is 29.3 Å². The molecule has 0 saturated heterocycles. The SMILES string of the molecule is Cc1ccc([C@@H](C)O)c(OCCOC(C)(C)C)c1. The van der Waals surface area contributed by atoms with Gasteiger partial charge in [0.1, 0.15) is 12.4 Å². The van der Waals surface area contributed by atoms with Crippen molar-refractivity contribution in [1.82, 2.24) is 0 Å². The van der Waals surface area contributed by atoms with E-state index in [-0.39, 0.29) is 5.60 Å². The van der Waals surface area contributed by atoms with Crippen molar-refractivity contribution in [1.29, 1.82) is 0 Å². The van der Waals surface area contributed by atoms with Crippen molar-refractivity contribution < 1.29 is 14.6 Å². The van der Waals surface area contributed by atoms with Crippen LogP contribution in [0.5, 0.6) is 5.75 Å². The maximum absolute atomic E-state index is 9.67. The summed E-state index contributed by atoms with van der Waals surface area (Å²) in [4.78, 5) is 0. The third kappa shape index (κ3) is 5.07. The van der Waals surface area contributed by atoms with Gasteiger partial charge in [0.2, 0.25) is 0 Å². The van der Waals surface area contributed by atoms with Crippen LogP contribution >= 0.6 is 0 Å². The molecule has 0 amide bonds. The molecular formula is C15H24O3. The Morgan fingerprint density at radius 1 is 1.22 bits per heavy atom. The Balaban J connectivity index is 2.58. The minimum Gasteiger partial charge on any atom is -0.491 e. The van der Waals surface area contributed by atoms with E-state index in [9.17, 15) is 5.11 Å². The summed E-state index contributed by atoms with van der Waals surface area (Å²) in [7, 11) is 0. The number of aliphatic hydroxyl groups excluding tert-OH is 1. The summed E-state index contributed by atoms with van der Waals surface area (Å²) in [5.41, 5.74) is 1.78. The van der Waals surface area contributed by atoms with E-state index in [1.807, 2.05) is 45.9 Å². The molecule has 3 nitrogen and oxygen atoms in total. The molecule has 0 fully saturated rings. The van der Waals surface area contributed by atoms with Crippen molar-refractivity contribution in [2.75, 3.05) is 13.2 Å². The van der Waals surface area contributed by atoms with Crippen LogP contribution in [-0.2, 0) is 4.74 Å². The number of rotatable bonds is 5. The first-order chi connectivity index (χ1) is 8.29. The highest BCUT2D eigenvalue weighted by atomic mass is 16.5. The largest absolute Gasteiger partial charge is 0.491 e. The highest BCUT2D eigenvalue weighted by Crippen LogP contribution is 2.26. The summed E-state index contributed by atoms with van der Waals surface area (Å²) in [5, 5.41) is 9.67. The van der Waals surface area contributed by atoms with E-state index in [2.05, 4.69) is 0 Å². The molecule has 0 radical (unpaired) electrons. The Hall–Kier alpha value is -1.06. The second-order valence-electron chi connectivity index (χ2n) is 5.53. The van der Waals surface area contributed by atoms with Crippen LogP contribution in [0.15, 0.2) is 18.2 Å². The predicted octanol–water partition coefficient (Wildman–Crippen LogP) is 3.24. The summed E-state index contributed by atoms with van der Waals surface area (Å²) < 4.78 is 11.3. The van der Waals surface area contributed by atoms with E-state index in [4.69, 9.17) is 9.47 Å². The molecule has 102 valence electrons. The first-order valence-electron chi connectivity index (χ1n) is 6.35. The molecule has 1 aromatic carbocycles. The number of aliphatic hydroxyl groups is 1. The lowest BCUT2D eigenvalue weighted by atomic mass is 10.1. The summed E-state index contributed by atoms with van der Waals surface area (Å²) in [6.45, 7) is 10.8. The van der Waals surface area contributed by atoms with Gasteiger partial charge in [0, 0.05) is 5.56 Å². The third-order valence-electron chi connectivity index (χ3n) is 2.50. The maximum atomic E-state index is 9.67. The highest BCUT2D eigenvalue weighted by Gasteiger charge is 2.11. The van der Waals surface area contributed by atoms with Crippen molar-refractivity contribution >= 4 is 0 Å². The smallest absolute Gasteiger partial charge is 0.125 e. The molecule has 0 aromatic heterocycles. The molecule has 1 aromatic rings. The van der Waals surface area contributed by atoms with Crippen LogP contribution in [0.1, 0.15) is 44.9 Å². The first-order valence-corrected chi connectivity index (χ1v) is 6.35. The summed E-state index contributed by atoms with van der Waals surface area (Å²) >= 11 is 0. The topological polar surface area (TPSA) is 38.7 Å². The number of hydrogen-bond acceptors (Lipinski definition) is 3. The molecule has 0 saturated carbocycles. The molecule has 0 bridgehead atoms. The molecule has 1 atom stereocenters. The van der Waals surface area contributed by atoms with Gasteiger partial charge >= 0.3 is 0 Å². The standard InChI is InChI=1S/C15H24O3/c1-11-6-7-13(12(2)16)14(10-11)17-8-9-18-15(3,4)5/h6-7,10,12,16H,8-9H2,1-5H3/t12-/m1/s1. The van der Waals surface area contributed by atoms with Gasteiger partial charge in [-0.3, -0.25) is 0 Å². The van der Waals surface area contributed by atoms with Crippen LogP contribution in [0.25, 0.3) is 0 Å². The molecule has 1 rings (SSSR count). The molecule has 0 aliphatic carbocycles. The van der Waals surface area contributed by atoms with E-state index < -0.39 is 6.10 Å². The predicted molar refractivity (Wildman–Crippen MR) is 73.0 cm³/mol. The van der Waals surface area contributed by atoms with E-state index in [0.717, 1.165) is 16.9 Å². The van der Waals surface area contributed by atoms with E-state index in [1.165, 1.54) is 0 Å². The molecule has 0 spiro atoms. The molecule has 0 aliphatic heterocycles. The summed E-state index contributed by atoms with van der Waals surface area (Å²) in [5.74, 6) is 0.738. The minimum absolute atomic E-state index is 0.150. The lowest BCUT2D eigenvalue weighted by Crippen LogP contribution is -2.22. The van der Waals surface area contributed by atoms with Crippen molar-refractivity contribution in [2.24, 2.45) is 0 Å². The van der Waals surface area contributed by atoms with E-state index in [0.29, 0.717) is 13.2 Å². The molecule has 1 N–H and O–H groups in total. The zero-order chi connectivity index (χ0) is 13.8. The number of benzene rings is 1. The first kappa shape index (κ1) is 15.0. The Kier molecular flexibility index (Phi) is 5.17. The van der Waals surface area contributed by atoms with Crippen LogP contribution in [-0.4, -0.2) is 23.9 Å². The van der Waals surface area contributed by atoms with Crippen molar-refractivity contribution in [2.45, 2.75) is 46.3 Å². The lowest BCUT2D eigenvalue weighted by Gasteiger charge is -2.20. The Bertz CT molecular complexity index is 378. The van der Waals surface area contributed by atoms with Crippen LogP contribution in [0, 0.1) is 6.92 Å². The maximum Gasteiger partial charge on any atom is 0.125 e. The van der Waals surface area contributed by atoms with Crippen LogP contribution in [0.3, 0.4) is 0 Å². The van der Waals surface area contributed by atoms with Crippen LogP contribution in [0.4, 0.5) is 0 Å². The Labute approximate surface area is 110 Å². The average molecular weight is 252 g/mol. The fourth-order valence-electron chi connectivity index (χ4n) is 1.61. The second-order valence-corrected chi connectivity index (χ2v) is 5.53. The Morgan fingerprint density at radius 3 is 2.44 bits per heavy atom. The number of ether oxygens (including phenoxy) is 2. The second kappa shape index (κ2) is 6.21. The van der Waals surface area contributed by atoms with Gasteiger partial charge < -0.3 is 14.6 Å². The van der Waals surface area contributed by atoms with Gasteiger partial charge in [0.25, 0.3) is 0 Å². The Morgan fingerprint density at radius 2 is 1.89 bits per heavy atom. The van der Waals surface area contributed by atoms with E-state index in [1.54, 1.807) is 6.92 Å². The van der Waals surface area contributed by atoms with Gasteiger partial charge in [0.15, 0.2) is 0 Å². The molecule has 3 heteroatoms. The number of aryl methyl sites for hydroxylation is 1. The third-order valence-corrected chi connectivity index (χ3v) is 2.50. The molecule has 0 heterocycles. The zero-order valence-electron chi connectivity index (χ0n) is 12.0.